The fourth-order valence-corrected chi connectivity index (χ4v) is 5.80. The summed E-state index contributed by atoms with van der Waals surface area (Å²) in [5.41, 5.74) is 0.716. The maximum atomic E-state index is 13.3. The molecule has 0 radical (unpaired) electrons. The summed E-state index contributed by atoms with van der Waals surface area (Å²) in [6, 6.07) is 28.4. The van der Waals surface area contributed by atoms with Crippen molar-refractivity contribution in [3.05, 3.63) is 123 Å². The van der Waals surface area contributed by atoms with Gasteiger partial charge in [0.1, 0.15) is 11.5 Å². The zero-order valence-corrected chi connectivity index (χ0v) is 23.9. The number of para-hydroxylation sites is 1. The second-order valence-corrected chi connectivity index (χ2v) is 11.8. The summed E-state index contributed by atoms with van der Waals surface area (Å²) in [6.07, 6.45) is 0. The number of benzene rings is 5. The Hall–Kier alpha value is -3.56. The van der Waals surface area contributed by atoms with Crippen molar-refractivity contribution in [3.63, 3.8) is 0 Å². The van der Waals surface area contributed by atoms with E-state index in [0.717, 1.165) is 15.2 Å². The molecule has 0 bridgehead atoms. The maximum absolute atomic E-state index is 13.3. The Morgan fingerprint density at radius 1 is 0.769 bits per heavy atom. The summed E-state index contributed by atoms with van der Waals surface area (Å²) in [4.78, 5) is 13.3. The summed E-state index contributed by atoms with van der Waals surface area (Å²) in [7, 11) is -4.05. The van der Waals surface area contributed by atoms with E-state index >= 15 is 0 Å². The van der Waals surface area contributed by atoms with Crippen LogP contribution in [-0.4, -0.2) is 14.3 Å². The van der Waals surface area contributed by atoms with Gasteiger partial charge in [0.2, 0.25) is 0 Å². The first kappa shape index (κ1) is 27.0. The highest BCUT2D eigenvalue weighted by atomic mass is 79.9. The molecule has 0 atom stereocenters. The molecule has 5 aromatic rings. The first-order valence-corrected chi connectivity index (χ1v) is 14.6. The second kappa shape index (κ2) is 11.3. The van der Waals surface area contributed by atoms with E-state index < -0.39 is 15.9 Å². The molecule has 0 spiro atoms. The van der Waals surface area contributed by atoms with Gasteiger partial charge in [-0.1, -0.05) is 75.5 Å². The largest absolute Gasteiger partial charge is 0.456 e. The average molecular weight is 642 g/mol. The molecule has 0 unspecified atom stereocenters. The first-order chi connectivity index (χ1) is 18.7. The lowest BCUT2D eigenvalue weighted by Crippen LogP contribution is -2.19. The number of carbonyl (C=O) groups is 1. The molecule has 0 saturated carbocycles. The number of nitrogens with one attached hydrogen (secondary N) is 2. The number of ether oxygens (including phenoxy) is 1. The highest BCUT2D eigenvalue weighted by Crippen LogP contribution is 2.32. The standard InChI is InChI=1S/C29H19BrCl2N2O4S/c30-24-14-16-26(22-6-2-1-5-21(22)24)33-29(35)23-17-18(31)9-15-27(23)34-39(36,37)20-12-10-19(11-13-20)38-28-8-4-3-7-25(28)32/h1-17,34H,(H,33,35). The van der Waals surface area contributed by atoms with Crippen LogP contribution in [0.4, 0.5) is 11.4 Å². The van der Waals surface area contributed by atoms with Gasteiger partial charge in [-0.3, -0.25) is 9.52 Å². The third-order valence-corrected chi connectivity index (χ3v) is 8.41. The molecule has 0 aliphatic heterocycles. The van der Waals surface area contributed by atoms with Crippen molar-refractivity contribution in [2.45, 2.75) is 4.90 Å². The summed E-state index contributed by atoms with van der Waals surface area (Å²) in [6.45, 7) is 0. The monoisotopic (exact) mass is 640 g/mol. The fraction of sp³-hybridized carbons (Fsp3) is 0. The Kier molecular flexibility index (Phi) is 7.81. The number of fused-ring (bicyclic) bond motifs is 1. The molecular formula is C29H19BrCl2N2O4S. The Morgan fingerprint density at radius 2 is 1.44 bits per heavy atom. The minimum atomic E-state index is -4.05. The molecule has 5 rings (SSSR count). The molecule has 0 heterocycles. The van der Waals surface area contributed by atoms with Crippen molar-refractivity contribution in [1.82, 2.24) is 0 Å². The molecule has 1 amide bonds. The lowest BCUT2D eigenvalue weighted by atomic mass is 10.1. The van der Waals surface area contributed by atoms with Crippen LogP contribution in [0.5, 0.6) is 11.5 Å². The zero-order valence-electron chi connectivity index (χ0n) is 20.0. The minimum Gasteiger partial charge on any atom is -0.456 e. The van der Waals surface area contributed by atoms with Crippen molar-refractivity contribution in [1.29, 1.82) is 0 Å². The predicted octanol–water partition coefficient (Wildman–Crippen LogP) is 8.75. The van der Waals surface area contributed by atoms with Crippen LogP contribution < -0.4 is 14.8 Å². The first-order valence-electron chi connectivity index (χ1n) is 11.5. The smallest absolute Gasteiger partial charge is 0.261 e. The Labute approximate surface area is 243 Å². The summed E-state index contributed by atoms with van der Waals surface area (Å²) in [5.74, 6) is 0.338. The Morgan fingerprint density at radius 3 is 2.18 bits per heavy atom. The normalized spacial score (nSPS) is 11.3. The van der Waals surface area contributed by atoms with Gasteiger partial charge in [0, 0.05) is 20.6 Å². The maximum Gasteiger partial charge on any atom is 0.261 e. The van der Waals surface area contributed by atoms with E-state index in [0.29, 0.717) is 22.2 Å². The van der Waals surface area contributed by atoms with E-state index in [9.17, 15) is 13.2 Å². The van der Waals surface area contributed by atoms with Crippen molar-refractivity contribution in [2.75, 3.05) is 10.0 Å². The minimum absolute atomic E-state index is 0.0192. The molecule has 0 fully saturated rings. The van der Waals surface area contributed by atoms with Gasteiger partial charge in [0.05, 0.1) is 21.2 Å². The van der Waals surface area contributed by atoms with Crippen LogP contribution in [0.3, 0.4) is 0 Å². The molecule has 196 valence electrons. The highest BCUT2D eigenvalue weighted by molar-refractivity contribution is 9.10. The van der Waals surface area contributed by atoms with Crippen LogP contribution in [-0.2, 0) is 10.0 Å². The van der Waals surface area contributed by atoms with E-state index in [1.807, 2.05) is 30.3 Å². The summed E-state index contributed by atoms with van der Waals surface area (Å²) >= 11 is 15.8. The zero-order chi connectivity index (χ0) is 27.6. The quantitative estimate of drug-likeness (QED) is 0.186. The van der Waals surface area contributed by atoms with E-state index in [4.69, 9.17) is 27.9 Å². The van der Waals surface area contributed by atoms with Crippen molar-refractivity contribution >= 4 is 77.2 Å². The molecular weight excluding hydrogens is 623 g/mol. The van der Waals surface area contributed by atoms with Gasteiger partial charge in [0.25, 0.3) is 15.9 Å². The molecule has 0 aliphatic carbocycles. The Balaban J connectivity index is 1.39. The molecule has 0 aliphatic rings. The predicted molar refractivity (Wildman–Crippen MR) is 160 cm³/mol. The molecule has 0 aromatic heterocycles. The lowest BCUT2D eigenvalue weighted by Gasteiger charge is -2.15. The number of hydrogen-bond acceptors (Lipinski definition) is 4. The number of rotatable bonds is 7. The molecule has 39 heavy (non-hydrogen) atoms. The summed E-state index contributed by atoms with van der Waals surface area (Å²) in [5, 5.41) is 5.33. The number of hydrogen-bond donors (Lipinski definition) is 2. The molecule has 0 saturated heterocycles. The fourth-order valence-electron chi connectivity index (χ4n) is 3.90. The van der Waals surface area contributed by atoms with Crippen molar-refractivity contribution in [2.24, 2.45) is 0 Å². The van der Waals surface area contributed by atoms with Crippen LogP contribution in [0.25, 0.3) is 10.8 Å². The van der Waals surface area contributed by atoms with Crippen molar-refractivity contribution in [3.8, 4) is 11.5 Å². The van der Waals surface area contributed by atoms with E-state index in [1.54, 1.807) is 30.3 Å². The molecule has 10 heteroatoms. The van der Waals surface area contributed by atoms with E-state index in [-0.39, 0.29) is 21.2 Å². The third kappa shape index (κ3) is 6.04. The second-order valence-electron chi connectivity index (χ2n) is 8.39. The Bertz CT molecular complexity index is 1810. The molecule has 5 aromatic carbocycles. The van der Waals surface area contributed by atoms with Gasteiger partial charge < -0.3 is 10.1 Å². The van der Waals surface area contributed by atoms with Crippen LogP contribution >= 0.6 is 39.1 Å². The van der Waals surface area contributed by atoms with E-state index in [2.05, 4.69) is 26.0 Å². The molecule has 6 nitrogen and oxygen atoms in total. The average Bonchev–Trinajstić information content (AvgIpc) is 2.93. The van der Waals surface area contributed by atoms with Crippen LogP contribution in [0, 0.1) is 0 Å². The van der Waals surface area contributed by atoms with E-state index in [1.165, 1.54) is 42.5 Å². The van der Waals surface area contributed by atoms with Gasteiger partial charge in [-0.05, 0) is 72.1 Å². The van der Waals surface area contributed by atoms with Crippen LogP contribution in [0.2, 0.25) is 10.0 Å². The summed E-state index contributed by atoms with van der Waals surface area (Å²) < 4.78 is 35.6. The number of halogens is 3. The SMILES string of the molecule is O=C(Nc1ccc(Br)c2ccccc12)c1cc(Cl)ccc1NS(=O)(=O)c1ccc(Oc2ccccc2Cl)cc1. The van der Waals surface area contributed by atoms with Gasteiger partial charge in [-0.15, -0.1) is 0 Å². The van der Waals surface area contributed by atoms with Gasteiger partial charge in [-0.2, -0.15) is 0 Å². The number of sulfonamides is 1. The lowest BCUT2D eigenvalue weighted by molar-refractivity contribution is 0.102. The highest BCUT2D eigenvalue weighted by Gasteiger charge is 2.20. The van der Waals surface area contributed by atoms with Gasteiger partial charge in [0.15, 0.2) is 0 Å². The number of anilines is 2. The van der Waals surface area contributed by atoms with Crippen molar-refractivity contribution < 1.29 is 17.9 Å². The number of carbonyl (C=O) groups excluding carboxylic acids is 1. The third-order valence-electron chi connectivity index (χ3n) is 5.79. The van der Waals surface area contributed by atoms with Gasteiger partial charge in [-0.25, -0.2) is 8.42 Å². The van der Waals surface area contributed by atoms with Gasteiger partial charge >= 0.3 is 0 Å². The topological polar surface area (TPSA) is 84.5 Å². The van der Waals surface area contributed by atoms with Crippen LogP contribution in [0.1, 0.15) is 10.4 Å². The van der Waals surface area contributed by atoms with Crippen LogP contribution in [0.15, 0.2) is 112 Å². The number of amides is 1. The molecule has 2 N–H and O–H groups in total.